The van der Waals surface area contributed by atoms with E-state index in [4.69, 9.17) is 0 Å². The summed E-state index contributed by atoms with van der Waals surface area (Å²) in [6.07, 6.45) is 21.8. The van der Waals surface area contributed by atoms with E-state index in [9.17, 15) is 0 Å². The Labute approximate surface area is 149 Å². The number of hydrogen-bond donors (Lipinski definition) is 0. The van der Waals surface area contributed by atoms with Gasteiger partial charge >= 0.3 is 0 Å². The number of quaternary nitrogens is 1. The van der Waals surface area contributed by atoms with E-state index >= 15 is 0 Å². The van der Waals surface area contributed by atoms with Crippen LogP contribution in [0.25, 0.3) is 0 Å². The SMILES string of the molecule is CCCCCCCCCCC[N+]1(Cc2ccccc2)C=CC=CC1. The van der Waals surface area contributed by atoms with Gasteiger partial charge in [0.15, 0.2) is 0 Å². The molecule has 132 valence electrons. The molecule has 0 aliphatic carbocycles. The normalized spacial score (nSPS) is 19.7. The molecule has 1 aliphatic rings. The Morgan fingerprint density at radius 3 is 2.08 bits per heavy atom. The number of unbranched alkanes of at least 4 members (excludes halogenated alkanes) is 8. The average Bonchev–Trinajstić information content (AvgIpc) is 2.62. The van der Waals surface area contributed by atoms with Crippen molar-refractivity contribution in [2.75, 3.05) is 13.1 Å². The van der Waals surface area contributed by atoms with Crippen molar-refractivity contribution in [3.8, 4) is 0 Å². The molecule has 2 rings (SSSR count). The largest absolute Gasteiger partial charge is 0.290 e. The monoisotopic (exact) mass is 326 g/mol. The first kappa shape index (κ1) is 19.0. The molecule has 0 N–H and O–H groups in total. The molecule has 0 bridgehead atoms. The van der Waals surface area contributed by atoms with Gasteiger partial charge in [-0.05, 0) is 25.0 Å². The van der Waals surface area contributed by atoms with Gasteiger partial charge in [-0.3, -0.25) is 4.48 Å². The molecular weight excluding hydrogens is 290 g/mol. The molecule has 0 radical (unpaired) electrons. The Kier molecular flexibility index (Phi) is 8.91. The molecule has 1 atom stereocenters. The topological polar surface area (TPSA) is 0 Å². The first-order chi connectivity index (χ1) is 11.8. The van der Waals surface area contributed by atoms with E-state index in [0.717, 1.165) is 17.6 Å². The fourth-order valence-corrected chi connectivity index (χ4v) is 3.69. The highest BCUT2D eigenvalue weighted by Gasteiger charge is 2.24. The van der Waals surface area contributed by atoms with Gasteiger partial charge in [0, 0.05) is 5.56 Å². The minimum Gasteiger partial charge on any atom is -0.290 e. The molecule has 1 aromatic carbocycles. The van der Waals surface area contributed by atoms with Crippen molar-refractivity contribution in [2.24, 2.45) is 0 Å². The third kappa shape index (κ3) is 7.05. The van der Waals surface area contributed by atoms with Crippen molar-refractivity contribution in [1.82, 2.24) is 0 Å². The summed E-state index contributed by atoms with van der Waals surface area (Å²) in [5, 5.41) is 0. The van der Waals surface area contributed by atoms with Crippen LogP contribution in [0, 0.1) is 0 Å². The van der Waals surface area contributed by atoms with Gasteiger partial charge in [0.1, 0.15) is 13.1 Å². The Bertz CT molecular complexity index is 488. The quantitative estimate of drug-likeness (QED) is 0.299. The molecule has 1 aromatic rings. The first-order valence-corrected chi connectivity index (χ1v) is 10.1. The predicted molar refractivity (Wildman–Crippen MR) is 106 cm³/mol. The summed E-state index contributed by atoms with van der Waals surface area (Å²) in [5.74, 6) is 0. The van der Waals surface area contributed by atoms with Crippen LogP contribution in [0.1, 0.15) is 70.3 Å². The zero-order valence-corrected chi connectivity index (χ0v) is 15.6. The number of benzene rings is 1. The number of nitrogens with zero attached hydrogens (tertiary/aromatic N) is 1. The van der Waals surface area contributed by atoms with Gasteiger partial charge in [-0.1, -0.05) is 88.3 Å². The Balaban J connectivity index is 1.69. The summed E-state index contributed by atoms with van der Waals surface area (Å²) < 4.78 is 1.09. The predicted octanol–water partition coefficient (Wildman–Crippen LogP) is 6.62. The van der Waals surface area contributed by atoms with Crippen LogP contribution >= 0.6 is 0 Å². The molecule has 1 heterocycles. The van der Waals surface area contributed by atoms with Gasteiger partial charge in [0.05, 0.1) is 12.7 Å². The van der Waals surface area contributed by atoms with Gasteiger partial charge in [0.2, 0.25) is 0 Å². The number of hydrogen-bond acceptors (Lipinski definition) is 0. The summed E-state index contributed by atoms with van der Waals surface area (Å²) in [6.45, 7) is 5.82. The fourth-order valence-electron chi connectivity index (χ4n) is 3.69. The summed E-state index contributed by atoms with van der Waals surface area (Å²) in [6, 6.07) is 11.0. The van der Waals surface area contributed by atoms with E-state index < -0.39 is 0 Å². The summed E-state index contributed by atoms with van der Waals surface area (Å²) in [5.41, 5.74) is 1.45. The zero-order valence-electron chi connectivity index (χ0n) is 15.6. The molecule has 1 aliphatic heterocycles. The van der Waals surface area contributed by atoms with Crippen molar-refractivity contribution < 1.29 is 4.48 Å². The second-order valence-corrected chi connectivity index (χ2v) is 7.37. The molecule has 1 unspecified atom stereocenters. The molecule has 0 spiro atoms. The summed E-state index contributed by atoms with van der Waals surface area (Å²) >= 11 is 0. The average molecular weight is 327 g/mol. The maximum absolute atomic E-state index is 2.41. The molecule has 0 aromatic heterocycles. The molecule has 24 heavy (non-hydrogen) atoms. The molecule has 1 heteroatoms. The van der Waals surface area contributed by atoms with Crippen LogP contribution in [0.3, 0.4) is 0 Å². The minimum atomic E-state index is 1.09. The number of allylic oxidation sites excluding steroid dienone is 2. The highest BCUT2D eigenvalue weighted by Crippen LogP contribution is 2.21. The van der Waals surface area contributed by atoms with Crippen LogP contribution in [0.15, 0.2) is 54.8 Å². The van der Waals surface area contributed by atoms with Crippen LogP contribution in [-0.4, -0.2) is 17.6 Å². The molecule has 0 saturated heterocycles. The molecular formula is C23H36N+. The summed E-state index contributed by atoms with van der Waals surface area (Å²) in [7, 11) is 0. The van der Waals surface area contributed by atoms with E-state index in [1.54, 1.807) is 0 Å². The number of rotatable bonds is 12. The third-order valence-corrected chi connectivity index (χ3v) is 5.17. The van der Waals surface area contributed by atoms with Crippen LogP contribution in [0.4, 0.5) is 0 Å². The molecule has 0 saturated carbocycles. The van der Waals surface area contributed by atoms with Crippen LogP contribution in [0.5, 0.6) is 0 Å². The fraction of sp³-hybridized carbons (Fsp3) is 0.565. The smallest absolute Gasteiger partial charge is 0.109 e. The van der Waals surface area contributed by atoms with Crippen molar-refractivity contribution >= 4 is 0 Å². The summed E-state index contributed by atoms with van der Waals surface area (Å²) in [4.78, 5) is 0. The lowest BCUT2D eigenvalue weighted by atomic mass is 10.1. The van der Waals surface area contributed by atoms with E-state index in [-0.39, 0.29) is 0 Å². The van der Waals surface area contributed by atoms with Gasteiger partial charge in [-0.15, -0.1) is 0 Å². The second kappa shape index (κ2) is 11.3. The van der Waals surface area contributed by atoms with E-state index in [1.807, 2.05) is 0 Å². The second-order valence-electron chi connectivity index (χ2n) is 7.37. The third-order valence-electron chi connectivity index (χ3n) is 5.17. The molecule has 0 amide bonds. The van der Waals surface area contributed by atoms with Crippen LogP contribution in [-0.2, 0) is 6.54 Å². The first-order valence-electron chi connectivity index (χ1n) is 10.1. The standard InChI is InChI=1S/C23H36N/c1-2-3-4-5-6-7-8-9-14-19-24(20-15-11-16-21-24)22-23-17-12-10-13-18-23/h10-13,15-18,20H,2-9,14,19,21-22H2,1H3/q+1. The van der Waals surface area contributed by atoms with E-state index in [0.29, 0.717) is 0 Å². The zero-order chi connectivity index (χ0) is 16.9. The van der Waals surface area contributed by atoms with Crippen molar-refractivity contribution in [3.05, 3.63) is 60.3 Å². The Hall–Kier alpha value is -1.34. The Morgan fingerprint density at radius 1 is 0.792 bits per heavy atom. The van der Waals surface area contributed by atoms with Gasteiger partial charge < -0.3 is 0 Å². The molecule has 0 fully saturated rings. The van der Waals surface area contributed by atoms with Crippen LogP contribution in [0.2, 0.25) is 0 Å². The highest BCUT2D eigenvalue weighted by atomic mass is 15.3. The van der Waals surface area contributed by atoms with Crippen molar-refractivity contribution in [1.29, 1.82) is 0 Å². The lowest BCUT2D eigenvalue weighted by molar-refractivity contribution is -0.888. The van der Waals surface area contributed by atoms with Gasteiger partial charge in [-0.25, -0.2) is 0 Å². The van der Waals surface area contributed by atoms with Crippen molar-refractivity contribution in [3.63, 3.8) is 0 Å². The van der Waals surface area contributed by atoms with Gasteiger partial charge in [-0.2, -0.15) is 0 Å². The molecule has 1 nitrogen and oxygen atoms in total. The highest BCUT2D eigenvalue weighted by molar-refractivity contribution is 5.14. The Morgan fingerprint density at radius 2 is 1.46 bits per heavy atom. The maximum atomic E-state index is 2.41. The maximum Gasteiger partial charge on any atom is 0.109 e. The van der Waals surface area contributed by atoms with Gasteiger partial charge in [0.25, 0.3) is 0 Å². The minimum absolute atomic E-state index is 1.09. The lowest BCUT2D eigenvalue weighted by Crippen LogP contribution is -2.43. The van der Waals surface area contributed by atoms with E-state index in [2.05, 4.69) is 61.7 Å². The lowest BCUT2D eigenvalue weighted by Gasteiger charge is -2.35. The van der Waals surface area contributed by atoms with Crippen LogP contribution < -0.4 is 0 Å². The van der Waals surface area contributed by atoms with Crippen molar-refractivity contribution in [2.45, 2.75) is 71.3 Å². The van der Waals surface area contributed by atoms with E-state index in [1.165, 1.54) is 69.9 Å².